The Morgan fingerprint density at radius 2 is 1.73 bits per heavy atom. The van der Waals surface area contributed by atoms with Gasteiger partial charge in [0.2, 0.25) is 11.8 Å². The third kappa shape index (κ3) is 8.79. The minimum absolute atomic E-state index is 0.0562. The summed E-state index contributed by atoms with van der Waals surface area (Å²) in [6.07, 6.45) is 13.6. The second-order valence-corrected chi connectivity index (χ2v) is 13.8. The van der Waals surface area contributed by atoms with Gasteiger partial charge in [-0.2, -0.15) is 0 Å². The van der Waals surface area contributed by atoms with Crippen molar-refractivity contribution in [3.63, 3.8) is 0 Å². The number of methoxy groups -OCH3 is 1. The van der Waals surface area contributed by atoms with E-state index < -0.39 is 17.3 Å². The molecule has 2 saturated carbocycles. The summed E-state index contributed by atoms with van der Waals surface area (Å²) in [5, 5.41) is 8.82. The molecule has 2 aromatic rings. The molecule has 2 saturated heterocycles. The van der Waals surface area contributed by atoms with Gasteiger partial charge in [0.1, 0.15) is 17.0 Å². The molecule has 2 aliphatic heterocycles. The fourth-order valence-corrected chi connectivity index (χ4v) is 7.54. The summed E-state index contributed by atoms with van der Waals surface area (Å²) in [7, 11) is 1.27. The van der Waals surface area contributed by atoms with E-state index in [0.717, 1.165) is 42.5 Å². The molecule has 44 heavy (non-hydrogen) atoms. The number of hydrogen-bond donors (Lipinski definition) is 4. The first kappa shape index (κ1) is 33.9. The van der Waals surface area contributed by atoms with Gasteiger partial charge in [0.15, 0.2) is 0 Å². The summed E-state index contributed by atoms with van der Waals surface area (Å²) in [6, 6.07) is 8.45. The molecule has 2 aliphatic carbocycles. The highest BCUT2D eigenvalue weighted by atomic mass is 32.2. The maximum atomic E-state index is 12.9. The summed E-state index contributed by atoms with van der Waals surface area (Å²) in [4.78, 5) is 53.7. The smallest absolute Gasteiger partial charge is 0.328 e. The van der Waals surface area contributed by atoms with Crippen molar-refractivity contribution in [1.82, 2.24) is 20.9 Å². The number of ether oxygens (including phenoxy) is 1. The maximum Gasteiger partial charge on any atom is 0.328 e. The van der Waals surface area contributed by atoms with Gasteiger partial charge in [0.05, 0.1) is 12.5 Å². The molecule has 3 amide bonds. The summed E-state index contributed by atoms with van der Waals surface area (Å²) in [6.45, 7) is 6.36. The van der Waals surface area contributed by atoms with E-state index in [9.17, 15) is 19.2 Å². The number of carbonyl (C=O) groups is 4. The van der Waals surface area contributed by atoms with E-state index in [2.05, 4.69) is 27.9 Å². The van der Waals surface area contributed by atoms with Crippen LogP contribution in [0.3, 0.4) is 0 Å². The molecule has 1 spiro atoms. The van der Waals surface area contributed by atoms with Gasteiger partial charge < -0.3 is 25.7 Å². The van der Waals surface area contributed by atoms with Crippen molar-refractivity contribution in [3.05, 3.63) is 36.0 Å². The van der Waals surface area contributed by atoms with E-state index >= 15 is 0 Å². The van der Waals surface area contributed by atoms with Crippen molar-refractivity contribution in [1.29, 1.82) is 0 Å². The highest BCUT2D eigenvalue weighted by Gasteiger charge is 2.49. The number of carbonyl (C=O) groups excluding carboxylic acids is 4. The SMILES string of the molecule is CC.CC1CCCCC1.COC(=O)C(CC1CC2(CCCCC2)NC1=O)NC(=O)C1SC1NC(=O)c1cc2ccccc2[nH]1. The number of benzene rings is 1. The van der Waals surface area contributed by atoms with Gasteiger partial charge in [-0.3, -0.25) is 14.4 Å². The Morgan fingerprint density at radius 1 is 1.05 bits per heavy atom. The molecular formula is C34H50N4O5S. The molecular weight excluding hydrogens is 576 g/mol. The van der Waals surface area contributed by atoms with Crippen LogP contribution in [0.4, 0.5) is 0 Å². The van der Waals surface area contributed by atoms with Crippen LogP contribution >= 0.6 is 11.8 Å². The van der Waals surface area contributed by atoms with Gasteiger partial charge >= 0.3 is 5.97 Å². The van der Waals surface area contributed by atoms with Crippen molar-refractivity contribution in [2.24, 2.45) is 11.8 Å². The van der Waals surface area contributed by atoms with E-state index in [4.69, 9.17) is 4.74 Å². The Labute approximate surface area is 265 Å². The molecule has 1 aromatic heterocycles. The Balaban J connectivity index is 0.000000427. The zero-order valence-electron chi connectivity index (χ0n) is 26.7. The predicted octanol–water partition coefficient (Wildman–Crippen LogP) is 5.84. The summed E-state index contributed by atoms with van der Waals surface area (Å²) < 4.78 is 4.91. The Bertz CT molecular complexity index is 1250. The fraction of sp³-hybridized carbons (Fsp3) is 0.647. The maximum absolute atomic E-state index is 12.9. The summed E-state index contributed by atoms with van der Waals surface area (Å²) in [5.74, 6) is -0.577. The average Bonchev–Trinajstić information content (AvgIpc) is 3.56. The Morgan fingerprint density at radius 3 is 2.36 bits per heavy atom. The van der Waals surface area contributed by atoms with E-state index in [1.54, 1.807) is 6.07 Å². The molecule has 3 heterocycles. The number of H-pyrrole nitrogens is 1. The van der Waals surface area contributed by atoms with Crippen molar-refractivity contribution in [3.8, 4) is 0 Å². The molecule has 0 bridgehead atoms. The van der Waals surface area contributed by atoms with E-state index in [0.29, 0.717) is 12.1 Å². The van der Waals surface area contributed by atoms with Crippen LogP contribution in [0.2, 0.25) is 0 Å². The monoisotopic (exact) mass is 626 g/mol. The van der Waals surface area contributed by atoms with Gasteiger partial charge in [-0.05, 0) is 43.7 Å². The average molecular weight is 627 g/mol. The number of hydrogen-bond acceptors (Lipinski definition) is 6. The third-order valence-electron chi connectivity index (χ3n) is 9.22. The van der Waals surface area contributed by atoms with Crippen LogP contribution in [0.15, 0.2) is 30.3 Å². The summed E-state index contributed by atoms with van der Waals surface area (Å²) in [5.41, 5.74) is 1.12. The van der Waals surface area contributed by atoms with Gasteiger partial charge in [0, 0.05) is 22.4 Å². The van der Waals surface area contributed by atoms with Crippen molar-refractivity contribution < 1.29 is 23.9 Å². The largest absolute Gasteiger partial charge is 0.467 e. The van der Waals surface area contributed by atoms with Gasteiger partial charge in [0.25, 0.3) is 5.91 Å². The number of fused-ring (bicyclic) bond motifs is 1. The van der Waals surface area contributed by atoms with E-state index in [-0.39, 0.29) is 41.0 Å². The first-order valence-corrected chi connectivity index (χ1v) is 17.5. The standard InChI is InChI=1S/C25H30N4O5S.C7H14.C2H6/c1-34-24(33)18(12-15-13-25(29-20(15)30)9-5-2-6-10-25)27-22(32)19-23(35-19)28-21(31)17-11-14-7-3-4-8-16(14)26-17;1-7-5-3-2-4-6-7;1-2/h3-4,7-8,11,15,18-19,23,26H,2,5-6,9-10,12-13H2,1H3,(H,27,32)(H,28,31)(H,29,30);7H,2-6H2,1H3;1-2H3. The molecule has 4 atom stereocenters. The van der Waals surface area contributed by atoms with E-state index in [1.807, 2.05) is 38.1 Å². The third-order valence-corrected chi connectivity index (χ3v) is 10.4. The first-order chi connectivity index (χ1) is 21.3. The zero-order valence-corrected chi connectivity index (χ0v) is 27.5. The molecule has 4 fully saturated rings. The highest BCUT2D eigenvalue weighted by Crippen LogP contribution is 2.41. The summed E-state index contributed by atoms with van der Waals surface area (Å²) >= 11 is 1.31. The minimum Gasteiger partial charge on any atom is -0.467 e. The van der Waals surface area contributed by atoms with Gasteiger partial charge in [-0.1, -0.05) is 90.3 Å². The number of nitrogens with one attached hydrogen (secondary N) is 4. The molecule has 10 heteroatoms. The molecule has 242 valence electrons. The number of para-hydroxylation sites is 1. The van der Waals surface area contributed by atoms with Crippen LogP contribution < -0.4 is 16.0 Å². The van der Waals surface area contributed by atoms with Crippen molar-refractivity contribution in [2.75, 3.05) is 7.11 Å². The predicted molar refractivity (Wildman–Crippen MR) is 175 cm³/mol. The lowest BCUT2D eigenvalue weighted by atomic mass is 9.78. The van der Waals surface area contributed by atoms with Crippen molar-refractivity contribution in [2.45, 2.75) is 120 Å². The molecule has 0 radical (unpaired) electrons. The van der Waals surface area contributed by atoms with Crippen LogP contribution in [0.5, 0.6) is 0 Å². The number of aromatic nitrogens is 1. The molecule has 4 unspecified atom stereocenters. The number of thioether (sulfide) groups is 1. The Kier molecular flexibility index (Phi) is 12.2. The van der Waals surface area contributed by atoms with Gasteiger partial charge in [-0.15, -0.1) is 11.8 Å². The number of amides is 3. The lowest BCUT2D eigenvalue weighted by Gasteiger charge is -2.33. The number of esters is 1. The molecule has 1 aromatic carbocycles. The van der Waals surface area contributed by atoms with Crippen LogP contribution in [-0.4, -0.2) is 58.0 Å². The quantitative estimate of drug-likeness (QED) is 0.226. The lowest BCUT2D eigenvalue weighted by molar-refractivity contribution is -0.145. The molecule has 4 aliphatic rings. The molecule has 6 rings (SSSR count). The van der Waals surface area contributed by atoms with Gasteiger partial charge in [-0.25, -0.2) is 4.79 Å². The normalized spacial score (nSPS) is 24.5. The van der Waals surface area contributed by atoms with Crippen LogP contribution in [0.1, 0.15) is 108 Å². The number of rotatable bonds is 7. The van der Waals surface area contributed by atoms with Crippen LogP contribution in [0, 0.1) is 11.8 Å². The first-order valence-electron chi connectivity index (χ1n) is 16.5. The van der Waals surface area contributed by atoms with E-state index in [1.165, 1.54) is 57.4 Å². The van der Waals surface area contributed by atoms with Crippen LogP contribution in [0.25, 0.3) is 10.9 Å². The minimum atomic E-state index is -0.909. The lowest BCUT2D eigenvalue weighted by Crippen LogP contribution is -2.46. The fourth-order valence-electron chi connectivity index (χ4n) is 6.75. The molecule has 9 nitrogen and oxygen atoms in total. The molecule has 4 N–H and O–H groups in total. The zero-order chi connectivity index (χ0) is 31.7. The topological polar surface area (TPSA) is 129 Å². The highest BCUT2D eigenvalue weighted by molar-refractivity contribution is 8.08. The van der Waals surface area contributed by atoms with Crippen molar-refractivity contribution >= 4 is 46.4 Å². The van der Waals surface area contributed by atoms with Crippen LogP contribution in [-0.2, 0) is 19.1 Å². The Hall–Kier alpha value is -3.01. The number of aromatic amines is 1. The second-order valence-electron chi connectivity index (χ2n) is 12.5. The second kappa shape index (κ2) is 15.8.